The van der Waals surface area contributed by atoms with Crippen molar-refractivity contribution in [3.05, 3.63) is 6.42 Å². The van der Waals surface area contributed by atoms with Crippen molar-refractivity contribution in [2.45, 2.75) is 58.3 Å². The van der Waals surface area contributed by atoms with E-state index in [-0.39, 0.29) is 0 Å². The predicted molar refractivity (Wildman–Crippen MR) is 60.7 cm³/mol. The fourth-order valence-electron chi connectivity index (χ4n) is 1.32. The van der Waals surface area contributed by atoms with Gasteiger partial charge in [-0.25, -0.2) is 0 Å². The monoisotopic (exact) mass is 233 g/mol. The van der Waals surface area contributed by atoms with Gasteiger partial charge in [-0.3, -0.25) is 0 Å². The van der Waals surface area contributed by atoms with E-state index in [1.54, 1.807) is 0 Å². The summed E-state index contributed by atoms with van der Waals surface area (Å²) in [7, 11) is 0. The van der Waals surface area contributed by atoms with E-state index in [0.717, 1.165) is 5.33 Å². The second kappa shape index (κ2) is 11.5. The molecule has 73 valence electrons. The molecule has 0 rings (SSSR count). The molecular formula is C11H22Br. The summed E-state index contributed by atoms with van der Waals surface area (Å²) in [6.45, 7) is 2.27. The van der Waals surface area contributed by atoms with Gasteiger partial charge in [0.25, 0.3) is 0 Å². The second-order valence-electron chi connectivity index (χ2n) is 3.35. The maximum Gasteiger partial charge on any atom is 0.00626 e. The molecule has 0 N–H and O–H groups in total. The molecule has 0 saturated carbocycles. The van der Waals surface area contributed by atoms with Crippen molar-refractivity contribution in [3.8, 4) is 0 Å². The molecule has 0 aliphatic carbocycles. The maximum absolute atomic E-state index is 3.40. The third-order valence-electron chi connectivity index (χ3n) is 2.12. The van der Waals surface area contributed by atoms with Gasteiger partial charge in [0, 0.05) is 5.33 Å². The Bertz CT molecular complexity index is 61.4. The van der Waals surface area contributed by atoms with Crippen LogP contribution < -0.4 is 0 Å². The lowest BCUT2D eigenvalue weighted by atomic mass is 10.1. The molecule has 12 heavy (non-hydrogen) atoms. The van der Waals surface area contributed by atoms with Crippen LogP contribution >= 0.6 is 15.9 Å². The minimum Gasteiger partial charge on any atom is -0.0925 e. The summed E-state index contributed by atoms with van der Waals surface area (Å²) in [5.41, 5.74) is 0. The molecule has 0 aromatic heterocycles. The quantitative estimate of drug-likeness (QED) is 0.399. The summed E-state index contributed by atoms with van der Waals surface area (Å²) >= 11 is 3.40. The Hall–Kier alpha value is 0.480. The van der Waals surface area contributed by atoms with E-state index in [1.165, 1.54) is 51.4 Å². The van der Waals surface area contributed by atoms with Crippen LogP contribution in [-0.4, -0.2) is 5.33 Å². The van der Waals surface area contributed by atoms with Crippen LogP contribution in [0.2, 0.25) is 0 Å². The van der Waals surface area contributed by atoms with Crippen molar-refractivity contribution in [2.24, 2.45) is 0 Å². The van der Waals surface area contributed by atoms with Gasteiger partial charge in [0.05, 0.1) is 0 Å². The molecule has 0 aliphatic heterocycles. The predicted octanol–water partition coefficient (Wildman–Crippen LogP) is 4.73. The fourth-order valence-corrected chi connectivity index (χ4v) is 1.65. The van der Waals surface area contributed by atoms with Gasteiger partial charge in [-0.1, -0.05) is 67.8 Å². The highest BCUT2D eigenvalue weighted by atomic mass is 79.9. The molecule has 1 radical (unpaired) electrons. The fraction of sp³-hybridized carbons (Fsp3) is 0.909. The molecular weight excluding hydrogens is 212 g/mol. The number of hydrogen-bond acceptors (Lipinski definition) is 0. The molecule has 0 unspecified atom stereocenters. The van der Waals surface area contributed by atoms with Crippen LogP contribution in [0.15, 0.2) is 0 Å². The first kappa shape index (κ1) is 12.5. The van der Waals surface area contributed by atoms with Crippen LogP contribution in [0.5, 0.6) is 0 Å². The molecule has 0 aliphatic rings. The summed E-state index contributed by atoms with van der Waals surface area (Å²) in [6.07, 6.45) is 13.5. The van der Waals surface area contributed by atoms with Gasteiger partial charge >= 0.3 is 0 Å². The Morgan fingerprint density at radius 3 is 2.08 bits per heavy atom. The van der Waals surface area contributed by atoms with Crippen molar-refractivity contribution in [1.29, 1.82) is 0 Å². The zero-order chi connectivity index (χ0) is 9.07. The normalized spacial score (nSPS) is 10.5. The van der Waals surface area contributed by atoms with Crippen molar-refractivity contribution in [1.82, 2.24) is 0 Å². The largest absolute Gasteiger partial charge is 0.0925 e. The minimum atomic E-state index is 1.06. The van der Waals surface area contributed by atoms with Gasteiger partial charge in [0.15, 0.2) is 0 Å². The Labute approximate surface area is 86.3 Å². The summed E-state index contributed by atoms with van der Waals surface area (Å²) < 4.78 is 0. The van der Waals surface area contributed by atoms with Crippen LogP contribution in [0, 0.1) is 6.42 Å². The van der Waals surface area contributed by atoms with Gasteiger partial charge in [-0.15, -0.1) is 0 Å². The molecule has 0 atom stereocenters. The zero-order valence-electron chi connectivity index (χ0n) is 8.32. The van der Waals surface area contributed by atoms with Crippen LogP contribution in [0.4, 0.5) is 0 Å². The number of halogens is 1. The smallest absolute Gasteiger partial charge is 0.00626 e. The number of alkyl halides is 1. The van der Waals surface area contributed by atoms with Crippen molar-refractivity contribution in [2.75, 3.05) is 5.33 Å². The third kappa shape index (κ3) is 10.5. The second-order valence-corrected chi connectivity index (χ2v) is 4.00. The molecule has 0 aromatic carbocycles. The van der Waals surface area contributed by atoms with Gasteiger partial charge in [0.2, 0.25) is 0 Å². The first-order valence-electron chi connectivity index (χ1n) is 5.29. The van der Waals surface area contributed by atoms with Crippen LogP contribution in [-0.2, 0) is 0 Å². The number of unbranched alkanes of at least 4 members (excludes halogenated alkanes) is 8. The lowest BCUT2D eigenvalue weighted by Crippen LogP contribution is -1.81. The van der Waals surface area contributed by atoms with Crippen molar-refractivity contribution >= 4 is 15.9 Å². The molecule has 0 spiro atoms. The molecule has 0 saturated heterocycles. The first-order valence-corrected chi connectivity index (χ1v) is 6.41. The number of hydrogen-bond donors (Lipinski definition) is 0. The Morgan fingerprint density at radius 2 is 1.50 bits per heavy atom. The van der Waals surface area contributed by atoms with Crippen LogP contribution in [0.1, 0.15) is 58.3 Å². The Morgan fingerprint density at radius 1 is 0.917 bits per heavy atom. The van der Waals surface area contributed by atoms with E-state index in [4.69, 9.17) is 0 Å². The van der Waals surface area contributed by atoms with E-state index in [2.05, 4.69) is 29.3 Å². The Balaban J connectivity index is 2.73. The average Bonchev–Trinajstić information content (AvgIpc) is 2.10. The molecule has 0 nitrogen and oxygen atoms in total. The first-order chi connectivity index (χ1) is 5.91. The van der Waals surface area contributed by atoms with E-state index >= 15 is 0 Å². The summed E-state index contributed by atoms with van der Waals surface area (Å²) in [6, 6.07) is 0. The molecule has 0 fully saturated rings. The third-order valence-corrected chi connectivity index (χ3v) is 2.58. The lowest BCUT2D eigenvalue weighted by molar-refractivity contribution is 0.588. The maximum atomic E-state index is 3.40. The standard InChI is InChI=1S/C11H22Br/c1-2-3-4-5-6-7-8-9-10-11-12/h10H,2-9,11H2,1H3. The highest BCUT2D eigenvalue weighted by molar-refractivity contribution is 9.09. The zero-order valence-corrected chi connectivity index (χ0v) is 9.91. The van der Waals surface area contributed by atoms with E-state index in [0.29, 0.717) is 0 Å². The molecule has 0 amide bonds. The van der Waals surface area contributed by atoms with E-state index in [1.807, 2.05) is 0 Å². The van der Waals surface area contributed by atoms with Gasteiger partial charge in [-0.2, -0.15) is 0 Å². The average molecular weight is 234 g/mol. The van der Waals surface area contributed by atoms with E-state index in [9.17, 15) is 0 Å². The highest BCUT2D eigenvalue weighted by Crippen LogP contribution is 2.09. The lowest BCUT2D eigenvalue weighted by Gasteiger charge is -1.99. The summed E-state index contributed by atoms with van der Waals surface area (Å²) in [5.74, 6) is 0. The van der Waals surface area contributed by atoms with Crippen molar-refractivity contribution < 1.29 is 0 Å². The molecule has 0 aromatic rings. The van der Waals surface area contributed by atoms with Crippen LogP contribution in [0.3, 0.4) is 0 Å². The van der Waals surface area contributed by atoms with Gasteiger partial charge in [-0.05, 0) is 12.8 Å². The molecule has 0 heterocycles. The minimum absolute atomic E-state index is 1.06. The number of rotatable bonds is 9. The summed E-state index contributed by atoms with van der Waals surface area (Å²) in [5, 5.41) is 1.06. The van der Waals surface area contributed by atoms with E-state index < -0.39 is 0 Å². The summed E-state index contributed by atoms with van der Waals surface area (Å²) in [4.78, 5) is 0. The molecule has 1 heteroatoms. The van der Waals surface area contributed by atoms with Gasteiger partial charge < -0.3 is 0 Å². The van der Waals surface area contributed by atoms with Crippen LogP contribution in [0.25, 0.3) is 0 Å². The topological polar surface area (TPSA) is 0 Å². The Kier molecular flexibility index (Phi) is 11.9. The SMILES string of the molecule is CCCCCCCCC[CH]CBr. The van der Waals surface area contributed by atoms with Gasteiger partial charge in [0.1, 0.15) is 0 Å². The molecule has 0 bridgehead atoms. The highest BCUT2D eigenvalue weighted by Gasteiger charge is 1.90. The van der Waals surface area contributed by atoms with Crippen molar-refractivity contribution in [3.63, 3.8) is 0 Å².